The first-order valence-corrected chi connectivity index (χ1v) is 8.89. The summed E-state index contributed by atoms with van der Waals surface area (Å²) in [5.41, 5.74) is 0.658. The minimum atomic E-state index is -0.0784. The molecule has 1 saturated heterocycles. The Morgan fingerprint density at radius 3 is 2.38 bits per heavy atom. The summed E-state index contributed by atoms with van der Waals surface area (Å²) in [4.78, 5) is 28.5. The van der Waals surface area contributed by atoms with Crippen molar-refractivity contribution >= 4 is 11.8 Å². The van der Waals surface area contributed by atoms with Gasteiger partial charge in [-0.25, -0.2) is 0 Å². The lowest BCUT2D eigenvalue weighted by molar-refractivity contribution is -0.133. The highest BCUT2D eigenvalue weighted by molar-refractivity contribution is 5.94. The number of carbonyl (C=O) groups is 2. The number of rotatable bonds is 7. The summed E-state index contributed by atoms with van der Waals surface area (Å²) in [7, 11) is 0. The third-order valence-corrected chi connectivity index (χ3v) is 4.24. The van der Waals surface area contributed by atoms with Crippen molar-refractivity contribution in [2.24, 2.45) is 5.92 Å². The molecule has 1 aromatic carbocycles. The largest absolute Gasteiger partial charge is 0.352 e. The molecule has 0 aliphatic carbocycles. The van der Waals surface area contributed by atoms with Gasteiger partial charge in [0.15, 0.2) is 0 Å². The van der Waals surface area contributed by atoms with Gasteiger partial charge in [-0.3, -0.25) is 14.5 Å². The number of nitrogens with one attached hydrogen (secondary N) is 1. The van der Waals surface area contributed by atoms with E-state index in [4.69, 9.17) is 0 Å². The van der Waals surface area contributed by atoms with Crippen LogP contribution in [-0.4, -0.2) is 60.9 Å². The average molecular weight is 331 g/mol. The second-order valence-corrected chi connectivity index (χ2v) is 6.80. The van der Waals surface area contributed by atoms with Gasteiger partial charge in [-0.2, -0.15) is 0 Å². The normalized spacial score (nSPS) is 15.5. The van der Waals surface area contributed by atoms with Crippen molar-refractivity contribution in [2.75, 3.05) is 39.3 Å². The lowest BCUT2D eigenvalue weighted by atomic mass is 10.2. The fourth-order valence-corrected chi connectivity index (χ4v) is 2.99. The maximum Gasteiger partial charge on any atom is 0.251 e. The Bertz CT molecular complexity index is 523. The molecule has 1 aliphatic heterocycles. The van der Waals surface area contributed by atoms with Crippen LogP contribution in [0.5, 0.6) is 0 Å². The number of piperazine rings is 1. The van der Waals surface area contributed by atoms with Crippen LogP contribution >= 0.6 is 0 Å². The Morgan fingerprint density at radius 1 is 1.08 bits per heavy atom. The maximum absolute atomic E-state index is 12.2. The van der Waals surface area contributed by atoms with Crippen LogP contribution in [0.1, 0.15) is 37.0 Å². The molecule has 24 heavy (non-hydrogen) atoms. The van der Waals surface area contributed by atoms with E-state index in [-0.39, 0.29) is 11.8 Å². The van der Waals surface area contributed by atoms with E-state index >= 15 is 0 Å². The van der Waals surface area contributed by atoms with E-state index in [1.807, 2.05) is 23.1 Å². The molecule has 1 N–H and O–H groups in total. The standard InChI is InChI=1S/C19H29N3O2/c1-16(2)15-21-11-13-22(14-12-21)18(23)9-6-10-20-19(24)17-7-4-3-5-8-17/h3-5,7-8,16H,6,9-15H2,1-2H3,(H,20,24). The SMILES string of the molecule is CC(C)CN1CCN(C(=O)CCCNC(=O)c2ccccc2)CC1. The van der Waals surface area contributed by atoms with Gasteiger partial charge in [0.2, 0.25) is 5.91 Å². The summed E-state index contributed by atoms with van der Waals surface area (Å²) in [5.74, 6) is 0.791. The maximum atomic E-state index is 12.2. The van der Waals surface area contributed by atoms with Gasteiger partial charge < -0.3 is 10.2 Å². The minimum absolute atomic E-state index is 0.0784. The van der Waals surface area contributed by atoms with Crippen molar-refractivity contribution in [2.45, 2.75) is 26.7 Å². The molecule has 2 amide bonds. The highest BCUT2D eigenvalue weighted by Crippen LogP contribution is 2.07. The van der Waals surface area contributed by atoms with Crippen molar-refractivity contribution in [1.29, 1.82) is 0 Å². The first kappa shape index (κ1) is 18.5. The fourth-order valence-electron chi connectivity index (χ4n) is 2.99. The van der Waals surface area contributed by atoms with E-state index in [0.717, 1.165) is 32.7 Å². The van der Waals surface area contributed by atoms with Crippen molar-refractivity contribution in [3.63, 3.8) is 0 Å². The summed E-state index contributed by atoms with van der Waals surface area (Å²) in [6.45, 7) is 9.66. The second-order valence-electron chi connectivity index (χ2n) is 6.80. The van der Waals surface area contributed by atoms with Crippen molar-refractivity contribution in [3.05, 3.63) is 35.9 Å². The number of hydrogen-bond donors (Lipinski definition) is 1. The highest BCUT2D eigenvalue weighted by atomic mass is 16.2. The van der Waals surface area contributed by atoms with Crippen molar-refractivity contribution in [1.82, 2.24) is 15.1 Å². The van der Waals surface area contributed by atoms with Gasteiger partial charge in [0, 0.05) is 51.3 Å². The molecule has 5 nitrogen and oxygen atoms in total. The molecule has 0 bridgehead atoms. The van der Waals surface area contributed by atoms with E-state index in [1.54, 1.807) is 12.1 Å². The zero-order chi connectivity index (χ0) is 17.4. The number of nitrogens with zero attached hydrogens (tertiary/aromatic N) is 2. The predicted molar refractivity (Wildman–Crippen MR) is 95.9 cm³/mol. The summed E-state index contributed by atoms with van der Waals surface area (Å²) in [6.07, 6.45) is 1.18. The third kappa shape index (κ3) is 5.96. The second kappa shape index (κ2) is 9.42. The van der Waals surface area contributed by atoms with Crippen LogP contribution in [0, 0.1) is 5.92 Å². The van der Waals surface area contributed by atoms with E-state index in [2.05, 4.69) is 24.1 Å². The fraction of sp³-hybridized carbons (Fsp3) is 0.579. The van der Waals surface area contributed by atoms with E-state index < -0.39 is 0 Å². The molecular formula is C19H29N3O2. The highest BCUT2D eigenvalue weighted by Gasteiger charge is 2.20. The quantitative estimate of drug-likeness (QED) is 0.778. The van der Waals surface area contributed by atoms with E-state index in [1.165, 1.54) is 0 Å². The lowest BCUT2D eigenvalue weighted by Crippen LogP contribution is -2.49. The van der Waals surface area contributed by atoms with Crippen LogP contribution in [-0.2, 0) is 4.79 Å². The van der Waals surface area contributed by atoms with Crippen LogP contribution in [0.15, 0.2) is 30.3 Å². The van der Waals surface area contributed by atoms with Crippen LogP contribution in [0.2, 0.25) is 0 Å². The molecule has 0 radical (unpaired) electrons. The van der Waals surface area contributed by atoms with Crippen molar-refractivity contribution in [3.8, 4) is 0 Å². The van der Waals surface area contributed by atoms with Gasteiger partial charge in [0.25, 0.3) is 5.91 Å². The Hall–Kier alpha value is -1.88. The Balaban J connectivity index is 1.61. The monoisotopic (exact) mass is 331 g/mol. The summed E-state index contributed by atoms with van der Waals surface area (Å²) < 4.78 is 0. The van der Waals surface area contributed by atoms with Crippen LogP contribution in [0.4, 0.5) is 0 Å². The van der Waals surface area contributed by atoms with E-state index in [0.29, 0.717) is 30.9 Å². The molecule has 1 heterocycles. The van der Waals surface area contributed by atoms with Gasteiger partial charge in [0.1, 0.15) is 0 Å². The topological polar surface area (TPSA) is 52.6 Å². The Kier molecular flexibility index (Phi) is 7.25. The zero-order valence-electron chi connectivity index (χ0n) is 14.8. The summed E-state index contributed by atoms with van der Waals surface area (Å²) in [5, 5.41) is 2.87. The van der Waals surface area contributed by atoms with Gasteiger partial charge in [0.05, 0.1) is 0 Å². The van der Waals surface area contributed by atoms with Crippen LogP contribution in [0.3, 0.4) is 0 Å². The molecule has 1 aliphatic rings. The molecule has 132 valence electrons. The predicted octanol–water partition coefficient (Wildman–Crippen LogP) is 2.00. The van der Waals surface area contributed by atoms with Crippen LogP contribution in [0.25, 0.3) is 0 Å². The van der Waals surface area contributed by atoms with Crippen LogP contribution < -0.4 is 5.32 Å². The zero-order valence-corrected chi connectivity index (χ0v) is 14.8. The van der Waals surface area contributed by atoms with Gasteiger partial charge in [-0.1, -0.05) is 32.0 Å². The van der Waals surface area contributed by atoms with Gasteiger partial charge in [-0.05, 0) is 24.5 Å². The molecule has 0 unspecified atom stereocenters. The molecule has 0 saturated carbocycles. The molecule has 1 aromatic rings. The molecule has 2 rings (SSSR count). The Labute approximate surface area is 145 Å². The molecule has 5 heteroatoms. The minimum Gasteiger partial charge on any atom is -0.352 e. The molecule has 1 fully saturated rings. The lowest BCUT2D eigenvalue weighted by Gasteiger charge is -2.35. The first-order valence-electron chi connectivity index (χ1n) is 8.89. The average Bonchev–Trinajstić information content (AvgIpc) is 2.59. The van der Waals surface area contributed by atoms with Gasteiger partial charge >= 0.3 is 0 Å². The smallest absolute Gasteiger partial charge is 0.251 e. The summed E-state index contributed by atoms with van der Waals surface area (Å²) in [6, 6.07) is 9.15. The third-order valence-electron chi connectivity index (χ3n) is 4.24. The van der Waals surface area contributed by atoms with Gasteiger partial charge in [-0.15, -0.1) is 0 Å². The number of amides is 2. The first-order chi connectivity index (χ1) is 11.6. The summed E-state index contributed by atoms with van der Waals surface area (Å²) >= 11 is 0. The van der Waals surface area contributed by atoms with E-state index in [9.17, 15) is 9.59 Å². The Morgan fingerprint density at radius 2 is 1.75 bits per heavy atom. The molecule has 0 aromatic heterocycles. The number of carbonyl (C=O) groups excluding carboxylic acids is 2. The number of hydrogen-bond acceptors (Lipinski definition) is 3. The number of benzene rings is 1. The molecule has 0 spiro atoms. The molecular weight excluding hydrogens is 302 g/mol. The molecule has 0 atom stereocenters. The van der Waals surface area contributed by atoms with Crippen molar-refractivity contribution < 1.29 is 9.59 Å².